The van der Waals surface area contributed by atoms with Crippen molar-refractivity contribution in [2.24, 2.45) is 0 Å². The molecule has 6 nitrogen and oxygen atoms in total. The van der Waals surface area contributed by atoms with Crippen LogP contribution >= 0.6 is 29.5 Å². The van der Waals surface area contributed by atoms with Crippen LogP contribution in [0.25, 0.3) is 0 Å². The molecule has 0 radical (unpaired) electrons. The van der Waals surface area contributed by atoms with Crippen LogP contribution in [0.15, 0.2) is 0 Å². The van der Waals surface area contributed by atoms with Gasteiger partial charge in [0.15, 0.2) is 12.3 Å². The van der Waals surface area contributed by atoms with E-state index in [1.807, 2.05) is 0 Å². The highest BCUT2D eigenvalue weighted by Crippen LogP contribution is 2.39. The lowest BCUT2D eigenvalue weighted by Crippen LogP contribution is -1.73. The molecule has 9 heteroatoms. The Morgan fingerprint density at radius 1 is 0.889 bits per heavy atom. The molecular weight excluding hydrogens is 190 g/mol. The van der Waals surface area contributed by atoms with Crippen molar-refractivity contribution in [1.82, 2.24) is 0 Å². The molecule has 0 aliphatic heterocycles. The van der Waals surface area contributed by atoms with Crippen LogP contribution in [0.1, 0.15) is 0 Å². The van der Waals surface area contributed by atoms with Gasteiger partial charge in [0.25, 0.3) is 0 Å². The first-order chi connectivity index (χ1) is 4.13. The van der Waals surface area contributed by atoms with Crippen LogP contribution < -0.4 is 0 Å². The third-order valence-electron chi connectivity index (χ3n) is 0.194. The lowest BCUT2D eigenvalue weighted by atomic mass is 15.7. The van der Waals surface area contributed by atoms with Crippen molar-refractivity contribution in [2.45, 2.75) is 0 Å². The predicted octanol–water partition coefficient (Wildman–Crippen LogP) is 0.00580. The van der Waals surface area contributed by atoms with Crippen LogP contribution in [0.2, 0.25) is 0 Å². The van der Waals surface area contributed by atoms with Gasteiger partial charge in [0.05, 0.1) is 0 Å². The zero-order valence-electron chi connectivity index (χ0n) is 3.91. The highest BCUT2D eigenvalue weighted by atomic mass is 32.2. The van der Waals surface area contributed by atoms with Crippen molar-refractivity contribution >= 4 is 29.5 Å². The van der Waals surface area contributed by atoms with E-state index < -0.39 is 17.2 Å². The molecule has 0 aromatic heterocycles. The van der Waals surface area contributed by atoms with E-state index in [2.05, 4.69) is 7.94 Å². The highest BCUT2D eigenvalue weighted by Gasteiger charge is 2.04. The molecule has 0 heterocycles. The molecule has 0 aromatic carbocycles. The quantitative estimate of drug-likeness (QED) is 0.369. The fourth-order valence-electron chi connectivity index (χ4n) is 0.0680. The fourth-order valence-corrected chi connectivity index (χ4v) is 0.857. The minimum atomic E-state index is -2.51. The molecule has 0 aliphatic rings. The molecule has 0 unspecified atom stereocenters. The summed E-state index contributed by atoms with van der Waals surface area (Å²) in [7, 11) is -5.01. The van der Waals surface area contributed by atoms with Crippen LogP contribution in [0, 0.1) is 0 Å². The maximum Gasteiger partial charge on any atom is 0.341 e. The first-order valence-corrected chi connectivity index (χ1v) is 4.50. The minimum Gasteiger partial charge on any atom is -0.327 e. The van der Waals surface area contributed by atoms with Gasteiger partial charge in [-0.05, 0) is 0 Å². The molecule has 0 bridgehead atoms. The molecule has 0 amide bonds. The zero-order valence-corrected chi connectivity index (χ0v) is 6.51. The molecule has 9 heavy (non-hydrogen) atoms. The first kappa shape index (κ1) is 9.97. The lowest BCUT2D eigenvalue weighted by Gasteiger charge is -2.00. The van der Waals surface area contributed by atoms with E-state index in [1.165, 1.54) is 0 Å². The summed E-state index contributed by atoms with van der Waals surface area (Å²) in [5, 5.41) is 0. The van der Waals surface area contributed by atoms with Gasteiger partial charge in [-0.25, -0.2) is 7.94 Å². The molecular formula is H4O6P2S. The highest BCUT2D eigenvalue weighted by molar-refractivity contribution is 7.95. The maximum absolute atomic E-state index is 8.01. The normalized spacial score (nSPS) is 11.3. The van der Waals surface area contributed by atoms with Crippen LogP contribution in [0.5, 0.6) is 0 Å². The summed E-state index contributed by atoms with van der Waals surface area (Å²) in [5.41, 5.74) is 0. The number of rotatable bonds is 4. The largest absolute Gasteiger partial charge is 0.341 e. The molecule has 4 N–H and O–H groups in total. The molecule has 0 atom stereocenters. The average molecular weight is 194 g/mol. The van der Waals surface area contributed by atoms with Crippen molar-refractivity contribution in [1.29, 1.82) is 0 Å². The summed E-state index contributed by atoms with van der Waals surface area (Å²) in [6.07, 6.45) is 0. The predicted molar refractivity (Wildman–Crippen MR) is 32.5 cm³/mol. The maximum atomic E-state index is 8.01. The lowest BCUT2D eigenvalue weighted by molar-refractivity contribution is 0.365. The molecule has 0 aromatic rings. The van der Waals surface area contributed by atoms with E-state index >= 15 is 0 Å². The Labute approximate surface area is 57.8 Å². The Hall–Kier alpha value is 0.970. The summed E-state index contributed by atoms with van der Waals surface area (Å²) < 4.78 is 7.84. The van der Waals surface area contributed by atoms with E-state index in [0.29, 0.717) is 0 Å². The SMILES string of the molecule is OP(O)OSOP(O)O. The van der Waals surface area contributed by atoms with Gasteiger partial charge >= 0.3 is 17.2 Å². The third kappa shape index (κ3) is 8.97. The van der Waals surface area contributed by atoms with Crippen molar-refractivity contribution in [3.05, 3.63) is 0 Å². The zero-order chi connectivity index (χ0) is 7.28. The van der Waals surface area contributed by atoms with Gasteiger partial charge in [0, 0.05) is 0 Å². The fraction of sp³-hybridized carbons (Fsp3) is 0. The van der Waals surface area contributed by atoms with Gasteiger partial charge in [-0.3, -0.25) is 0 Å². The smallest absolute Gasteiger partial charge is 0.327 e. The Balaban J connectivity index is 2.91. The van der Waals surface area contributed by atoms with Gasteiger partial charge in [0.1, 0.15) is 0 Å². The first-order valence-electron chi connectivity index (χ1n) is 1.50. The molecule has 0 spiro atoms. The van der Waals surface area contributed by atoms with E-state index in [4.69, 9.17) is 19.6 Å². The second-order valence-electron chi connectivity index (χ2n) is 0.723. The van der Waals surface area contributed by atoms with Gasteiger partial charge in [-0.1, -0.05) is 0 Å². The van der Waals surface area contributed by atoms with E-state index in [9.17, 15) is 0 Å². The Morgan fingerprint density at radius 2 is 1.22 bits per heavy atom. The van der Waals surface area contributed by atoms with Gasteiger partial charge in [-0.2, -0.15) is 0 Å². The Morgan fingerprint density at radius 3 is 1.44 bits per heavy atom. The molecule has 0 rings (SSSR count). The van der Waals surface area contributed by atoms with Crippen molar-refractivity contribution in [3.8, 4) is 0 Å². The van der Waals surface area contributed by atoms with Crippen LogP contribution in [0.4, 0.5) is 0 Å². The van der Waals surface area contributed by atoms with Crippen molar-refractivity contribution in [3.63, 3.8) is 0 Å². The Bertz CT molecular complexity index is 56.1. The average Bonchev–Trinajstić information content (AvgIpc) is 1.63. The molecule has 0 saturated carbocycles. The van der Waals surface area contributed by atoms with Crippen LogP contribution in [-0.2, 0) is 7.94 Å². The summed E-state index contributed by atoms with van der Waals surface area (Å²) in [6.45, 7) is 0. The summed E-state index contributed by atoms with van der Waals surface area (Å²) in [5.74, 6) is 0. The van der Waals surface area contributed by atoms with Crippen LogP contribution in [0.3, 0.4) is 0 Å². The van der Waals surface area contributed by atoms with Gasteiger partial charge in [-0.15, -0.1) is 0 Å². The van der Waals surface area contributed by atoms with E-state index in [1.54, 1.807) is 0 Å². The number of hydrogen-bond donors (Lipinski definition) is 4. The minimum absolute atomic E-state index is 0.127. The second kappa shape index (κ2) is 5.73. The second-order valence-corrected chi connectivity index (χ2v) is 3.06. The molecule has 0 saturated heterocycles. The number of hydrogen-bond acceptors (Lipinski definition) is 7. The third-order valence-corrected chi connectivity index (χ3v) is 1.75. The molecule has 56 valence electrons. The topological polar surface area (TPSA) is 99.4 Å². The monoisotopic (exact) mass is 194 g/mol. The molecule has 0 aliphatic carbocycles. The summed E-state index contributed by atoms with van der Waals surface area (Å²) in [6, 6.07) is 0. The Kier molecular flexibility index (Phi) is 6.35. The van der Waals surface area contributed by atoms with Crippen molar-refractivity contribution in [2.75, 3.05) is 0 Å². The van der Waals surface area contributed by atoms with Gasteiger partial charge in [0.2, 0.25) is 0 Å². The standard InChI is InChI=1S/H4O6P2S/c1-7(2)5-9-6-8(3)4/h1-4H. The van der Waals surface area contributed by atoms with E-state index in [-0.39, 0.29) is 12.3 Å². The summed E-state index contributed by atoms with van der Waals surface area (Å²) >= 11 is 0.127. The van der Waals surface area contributed by atoms with Crippen molar-refractivity contribution < 1.29 is 27.5 Å². The molecule has 0 fully saturated rings. The summed E-state index contributed by atoms with van der Waals surface area (Å²) in [4.78, 5) is 32.0. The van der Waals surface area contributed by atoms with E-state index in [0.717, 1.165) is 0 Å². The van der Waals surface area contributed by atoms with Crippen LogP contribution in [-0.4, -0.2) is 19.6 Å². The van der Waals surface area contributed by atoms with Gasteiger partial charge < -0.3 is 19.6 Å².